The van der Waals surface area contributed by atoms with Crippen LogP contribution in [-0.4, -0.2) is 41.4 Å². The van der Waals surface area contributed by atoms with Crippen LogP contribution in [0.2, 0.25) is 0 Å². The van der Waals surface area contributed by atoms with Crippen molar-refractivity contribution in [1.82, 2.24) is 10.2 Å². The lowest BCUT2D eigenvalue weighted by atomic mass is 9.89. The van der Waals surface area contributed by atoms with Gasteiger partial charge in [-0.25, -0.2) is 0 Å². The fourth-order valence-electron chi connectivity index (χ4n) is 3.35. The number of amides is 1. The van der Waals surface area contributed by atoms with Gasteiger partial charge in [0.2, 0.25) is 0 Å². The first-order chi connectivity index (χ1) is 10.1. The number of likely N-dealkylation sites (tertiary alicyclic amines) is 1. The van der Waals surface area contributed by atoms with Gasteiger partial charge in [0.05, 0.1) is 10.5 Å². The van der Waals surface area contributed by atoms with E-state index in [0.29, 0.717) is 17.5 Å². The fourth-order valence-corrected chi connectivity index (χ4v) is 4.05. The van der Waals surface area contributed by atoms with E-state index in [1.54, 1.807) is 5.38 Å². The molecule has 1 aromatic rings. The average Bonchev–Trinajstić information content (AvgIpc) is 3.18. The van der Waals surface area contributed by atoms with Crippen LogP contribution in [0.5, 0.6) is 0 Å². The summed E-state index contributed by atoms with van der Waals surface area (Å²) in [7, 11) is 0. The lowest BCUT2D eigenvalue weighted by Crippen LogP contribution is -2.45. The van der Waals surface area contributed by atoms with Gasteiger partial charge in [-0.05, 0) is 38.1 Å². The Hall–Kier alpha value is -1.47. The second-order valence-corrected chi connectivity index (χ2v) is 6.68. The van der Waals surface area contributed by atoms with Gasteiger partial charge in [0.25, 0.3) is 5.91 Å². The fraction of sp³-hybridized carbons (Fsp3) is 0.643. The lowest BCUT2D eigenvalue weighted by Gasteiger charge is -2.35. The molecule has 0 spiro atoms. The highest BCUT2D eigenvalue weighted by molar-refractivity contribution is 7.13. The molecule has 2 aliphatic heterocycles. The molecule has 0 radical (unpaired) electrons. The summed E-state index contributed by atoms with van der Waals surface area (Å²) in [5.41, 5.74) is 0.451. The molecule has 3 rings (SSSR count). The predicted molar refractivity (Wildman–Crippen MR) is 80.6 cm³/mol. The van der Waals surface area contributed by atoms with Crippen LogP contribution in [0.3, 0.4) is 0 Å². The van der Waals surface area contributed by atoms with E-state index in [4.69, 9.17) is 0 Å². The number of nitrogens with one attached hydrogen (secondary N) is 1. The summed E-state index contributed by atoms with van der Waals surface area (Å²) < 4.78 is 0. The van der Waals surface area contributed by atoms with Gasteiger partial charge >= 0.3 is 5.00 Å². The molecule has 21 heavy (non-hydrogen) atoms. The highest BCUT2D eigenvalue weighted by Crippen LogP contribution is 2.28. The van der Waals surface area contributed by atoms with Crippen molar-refractivity contribution in [3.63, 3.8) is 0 Å². The van der Waals surface area contributed by atoms with Crippen molar-refractivity contribution in [3.8, 4) is 0 Å². The molecule has 0 bridgehead atoms. The van der Waals surface area contributed by atoms with E-state index in [-0.39, 0.29) is 10.9 Å². The van der Waals surface area contributed by atoms with Crippen molar-refractivity contribution in [2.45, 2.75) is 31.7 Å². The van der Waals surface area contributed by atoms with Crippen molar-refractivity contribution in [3.05, 3.63) is 27.1 Å². The molecular formula is C14H19N3O3S. The number of hydrogen-bond acceptors (Lipinski definition) is 5. The van der Waals surface area contributed by atoms with E-state index < -0.39 is 4.92 Å². The van der Waals surface area contributed by atoms with Crippen LogP contribution >= 0.6 is 11.3 Å². The molecule has 2 atom stereocenters. The van der Waals surface area contributed by atoms with Crippen LogP contribution in [0.25, 0.3) is 0 Å². The number of nitrogens with zero attached hydrogens (tertiary/aromatic N) is 2. The summed E-state index contributed by atoms with van der Waals surface area (Å²) in [5, 5.41) is 15.9. The summed E-state index contributed by atoms with van der Waals surface area (Å²) in [6, 6.07) is 1.92. The Morgan fingerprint density at radius 2 is 2.29 bits per heavy atom. The van der Waals surface area contributed by atoms with E-state index in [9.17, 15) is 14.9 Å². The van der Waals surface area contributed by atoms with Crippen molar-refractivity contribution in [2.24, 2.45) is 5.92 Å². The molecular weight excluding hydrogens is 290 g/mol. The summed E-state index contributed by atoms with van der Waals surface area (Å²) in [6.45, 7) is 2.59. The molecule has 1 amide bonds. The summed E-state index contributed by atoms with van der Waals surface area (Å²) >= 11 is 1.02. The first kappa shape index (κ1) is 14.5. The van der Waals surface area contributed by atoms with Gasteiger partial charge in [0, 0.05) is 30.6 Å². The number of piperidine rings is 1. The van der Waals surface area contributed by atoms with Crippen LogP contribution in [-0.2, 0) is 0 Å². The molecule has 3 heterocycles. The van der Waals surface area contributed by atoms with E-state index in [0.717, 1.165) is 43.8 Å². The zero-order valence-electron chi connectivity index (χ0n) is 11.8. The van der Waals surface area contributed by atoms with Gasteiger partial charge in [-0.1, -0.05) is 11.3 Å². The third kappa shape index (κ3) is 3.08. The first-order valence-electron chi connectivity index (χ1n) is 7.41. The van der Waals surface area contributed by atoms with Crippen LogP contribution < -0.4 is 5.32 Å². The van der Waals surface area contributed by atoms with Crippen molar-refractivity contribution in [2.75, 3.05) is 19.6 Å². The van der Waals surface area contributed by atoms with Crippen LogP contribution in [0.4, 0.5) is 5.00 Å². The van der Waals surface area contributed by atoms with E-state index >= 15 is 0 Å². The zero-order valence-corrected chi connectivity index (χ0v) is 12.6. The molecule has 2 fully saturated rings. The molecule has 114 valence electrons. The maximum Gasteiger partial charge on any atom is 0.324 e. The Balaban J connectivity index is 1.67. The average molecular weight is 309 g/mol. The molecule has 0 saturated carbocycles. The number of thiophene rings is 1. The summed E-state index contributed by atoms with van der Waals surface area (Å²) in [5.74, 6) is 0.445. The Morgan fingerprint density at radius 3 is 2.95 bits per heavy atom. The smallest absolute Gasteiger partial charge is 0.324 e. The molecule has 2 unspecified atom stereocenters. The molecule has 2 saturated heterocycles. The quantitative estimate of drug-likeness (QED) is 0.686. The molecule has 6 nitrogen and oxygen atoms in total. The maximum absolute atomic E-state index is 12.5. The minimum atomic E-state index is -0.442. The number of nitro groups is 1. The van der Waals surface area contributed by atoms with Gasteiger partial charge in [0.1, 0.15) is 0 Å². The third-order valence-electron chi connectivity index (χ3n) is 4.43. The highest BCUT2D eigenvalue weighted by Gasteiger charge is 2.31. The second-order valence-electron chi connectivity index (χ2n) is 5.79. The van der Waals surface area contributed by atoms with Crippen LogP contribution in [0.15, 0.2) is 11.4 Å². The molecule has 1 aromatic heterocycles. The van der Waals surface area contributed by atoms with Crippen molar-refractivity contribution in [1.29, 1.82) is 0 Å². The Morgan fingerprint density at radius 1 is 1.43 bits per heavy atom. The third-order valence-corrected chi connectivity index (χ3v) is 5.31. The van der Waals surface area contributed by atoms with Gasteiger partial charge in [0.15, 0.2) is 0 Å². The Kier molecular flexibility index (Phi) is 4.21. The monoisotopic (exact) mass is 309 g/mol. The highest BCUT2D eigenvalue weighted by atomic mass is 32.1. The SMILES string of the molecule is O=C(c1csc([N+](=O)[O-])c1)N1CCCC(C2CCCN2)C1. The van der Waals surface area contributed by atoms with Crippen molar-refractivity contribution >= 4 is 22.2 Å². The Bertz CT molecular complexity index is 539. The van der Waals surface area contributed by atoms with Gasteiger partial charge < -0.3 is 10.2 Å². The minimum absolute atomic E-state index is 0.0318. The zero-order chi connectivity index (χ0) is 14.8. The molecule has 0 aromatic carbocycles. The number of hydrogen-bond donors (Lipinski definition) is 1. The predicted octanol–water partition coefficient (Wildman–Crippen LogP) is 2.26. The number of rotatable bonds is 3. The maximum atomic E-state index is 12.5. The van der Waals surface area contributed by atoms with E-state index in [1.165, 1.54) is 18.9 Å². The number of carbonyl (C=O) groups is 1. The van der Waals surface area contributed by atoms with E-state index in [2.05, 4.69) is 5.32 Å². The lowest BCUT2D eigenvalue weighted by molar-refractivity contribution is -0.380. The standard InChI is InChI=1S/C14H19N3O3S/c18-14(11-7-13(17(19)20)21-9-11)16-6-2-3-10(8-16)12-4-1-5-15-12/h7,9-10,12,15H,1-6,8H2. The number of carbonyl (C=O) groups excluding carboxylic acids is 1. The Labute approximate surface area is 127 Å². The first-order valence-corrected chi connectivity index (χ1v) is 8.28. The minimum Gasteiger partial charge on any atom is -0.338 e. The van der Waals surface area contributed by atoms with Gasteiger partial charge in [-0.2, -0.15) is 0 Å². The molecule has 0 aliphatic carbocycles. The van der Waals surface area contributed by atoms with Gasteiger partial charge in [-0.3, -0.25) is 14.9 Å². The van der Waals surface area contributed by atoms with Crippen LogP contribution in [0, 0.1) is 16.0 Å². The van der Waals surface area contributed by atoms with Gasteiger partial charge in [-0.15, -0.1) is 0 Å². The molecule has 1 N–H and O–H groups in total. The second kappa shape index (κ2) is 6.11. The normalized spacial score (nSPS) is 26.0. The largest absolute Gasteiger partial charge is 0.338 e. The molecule has 2 aliphatic rings. The van der Waals surface area contributed by atoms with Crippen LogP contribution in [0.1, 0.15) is 36.0 Å². The summed E-state index contributed by atoms with van der Waals surface area (Å²) in [4.78, 5) is 24.6. The van der Waals surface area contributed by atoms with Crippen molar-refractivity contribution < 1.29 is 9.72 Å². The molecule has 7 heteroatoms. The summed E-state index contributed by atoms with van der Waals surface area (Å²) in [6.07, 6.45) is 4.58. The topological polar surface area (TPSA) is 75.5 Å². The van der Waals surface area contributed by atoms with E-state index in [1.807, 2.05) is 4.90 Å².